The molecule has 1 aromatic carbocycles. The van der Waals surface area contributed by atoms with Gasteiger partial charge in [-0.25, -0.2) is 4.79 Å². The summed E-state index contributed by atoms with van der Waals surface area (Å²) in [6.07, 6.45) is 4.15. The number of carbonyl (C=O) groups is 1. The van der Waals surface area contributed by atoms with Crippen LogP contribution in [0.2, 0.25) is 0 Å². The van der Waals surface area contributed by atoms with E-state index in [1.165, 1.54) is 5.56 Å². The quantitative estimate of drug-likeness (QED) is 0.866. The normalized spacial score (nSPS) is 19.3. The fourth-order valence-electron chi connectivity index (χ4n) is 4.55. The minimum Gasteiger partial charge on any atom is -0.359 e. The summed E-state index contributed by atoms with van der Waals surface area (Å²) in [6, 6.07) is 10.7. The van der Waals surface area contributed by atoms with Gasteiger partial charge < -0.3 is 14.7 Å². The number of hydrogen-bond donors (Lipinski definition) is 1. The summed E-state index contributed by atoms with van der Waals surface area (Å²) in [5, 5.41) is 7.01. The number of benzene rings is 1. The lowest BCUT2D eigenvalue weighted by atomic mass is 9.77. The Morgan fingerprint density at radius 2 is 1.89 bits per heavy atom. The van der Waals surface area contributed by atoms with E-state index < -0.39 is 0 Å². The van der Waals surface area contributed by atoms with Crippen LogP contribution in [0, 0.1) is 12.3 Å². The molecule has 28 heavy (non-hydrogen) atoms. The van der Waals surface area contributed by atoms with Crippen molar-refractivity contribution in [1.82, 2.24) is 15.0 Å². The average molecular weight is 383 g/mol. The third-order valence-electron chi connectivity index (χ3n) is 6.38. The van der Waals surface area contributed by atoms with Gasteiger partial charge in [-0.3, -0.25) is 4.90 Å². The van der Waals surface area contributed by atoms with E-state index in [0.717, 1.165) is 75.5 Å². The number of hydrogen-bond acceptors (Lipinski definition) is 4. The molecule has 0 saturated carbocycles. The lowest BCUT2D eigenvalue weighted by Gasteiger charge is -2.39. The first-order valence-corrected chi connectivity index (χ1v) is 10.4. The Kier molecular flexibility index (Phi) is 5.40. The van der Waals surface area contributed by atoms with Crippen molar-refractivity contribution >= 4 is 11.7 Å². The number of piperidine rings is 1. The molecular weight excluding hydrogens is 352 g/mol. The van der Waals surface area contributed by atoms with Crippen LogP contribution in [-0.4, -0.2) is 47.2 Å². The van der Waals surface area contributed by atoms with Gasteiger partial charge >= 0.3 is 6.03 Å². The summed E-state index contributed by atoms with van der Waals surface area (Å²) in [5.74, 6) is 0.744. The van der Waals surface area contributed by atoms with Crippen molar-refractivity contribution < 1.29 is 9.32 Å². The van der Waals surface area contributed by atoms with Gasteiger partial charge in [0.1, 0.15) is 11.4 Å². The van der Waals surface area contributed by atoms with Gasteiger partial charge in [-0.15, -0.1) is 0 Å². The molecule has 1 aromatic heterocycles. The number of aromatic nitrogens is 1. The molecule has 150 valence electrons. The molecule has 0 radical (unpaired) electrons. The van der Waals surface area contributed by atoms with Crippen molar-refractivity contribution in [1.29, 1.82) is 0 Å². The standard InChI is InChI=1S/C22H30N4O2/c1-3-19-20(17(2)24-28-19)23-21(27)26-14-11-22(16-26)9-12-25(13-10-22)15-18-7-5-4-6-8-18/h4-8H,3,9-16H2,1-2H3,(H,23,27). The van der Waals surface area contributed by atoms with Crippen LogP contribution >= 0.6 is 0 Å². The van der Waals surface area contributed by atoms with Gasteiger partial charge in [0, 0.05) is 26.1 Å². The molecule has 6 heteroatoms. The molecule has 2 fully saturated rings. The molecule has 6 nitrogen and oxygen atoms in total. The van der Waals surface area contributed by atoms with Gasteiger partial charge in [0.2, 0.25) is 0 Å². The number of nitrogens with one attached hydrogen (secondary N) is 1. The first-order valence-electron chi connectivity index (χ1n) is 10.4. The van der Waals surface area contributed by atoms with Crippen LogP contribution in [0.1, 0.15) is 43.2 Å². The number of carbonyl (C=O) groups excluding carboxylic acids is 1. The monoisotopic (exact) mass is 382 g/mol. The van der Waals surface area contributed by atoms with Crippen LogP contribution in [0.3, 0.4) is 0 Å². The third kappa shape index (κ3) is 3.92. The minimum absolute atomic E-state index is 0.0235. The molecule has 0 aliphatic carbocycles. The van der Waals surface area contributed by atoms with Gasteiger partial charge in [-0.05, 0) is 50.3 Å². The Morgan fingerprint density at radius 1 is 1.18 bits per heavy atom. The number of likely N-dealkylation sites (tertiary alicyclic amines) is 2. The zero-order valence-corrected chi connectivity index (χ0v) is 16.9. The van der Waals surface area contributed by atoms with E-state index in [1.807, 2.05) is 18.7 Å². The second kappa shape index (κ2) is 7.95. The van der Waals surface area contributed by atoms with Crippen LogP contribution in [0.25, 0.3) is 0 Å². The average Bonchev–Trinajstić information content (AvgIpc) is 3.29. The largest absolute Gasteiger partial charge is 0.359 e. The third-order valence-corrected chi connectivity index (χ3v) is 6.38. The molecule has 1 spiro atoms. The Balaban J connectivity index is 1.31. The second-order valence-corrected chi connectivity index (χ2v) is 8.28. The summed E-state index contributed by atoms with van der Waals surface area (Å²) in [5.41, 5.74) is 3.14. The van der Waals surface area contributed by atoms with Crippen molar-refractivity contribution in [2.24, 2.45) is 5.41 Å². The van der Waals surface area contributed by atoms with Crippen molar-refractivity contribution in [2.45, 2.75) is 46.1 Å². The topological polar surface area (TPSA) is 61.6 Å². The predicted molar refractivity (Wildman–Crippen MR) is 109 cm³/mol. The summed E-state index contributed by atoms with van der Waals surface area (Å²) in [7, 11) is 0. The van der Waals surface area contributed by atoms with E-state index in [-0.39, 0.29) is 11.4 Å². The maximum absolute atomic E-state index is 12.8. The van der Waals surface area contributed by atoms with E-state index >= 15 is 0 Å². The van der Waals surface area contributed by atoms with Crippen molar-refractivity contribution in [3.8, 4) is 0 Å². The minimum atomic E-state index is -0.0235. The Morgan fingerprint density at radius 3 is 2.61 bits per heavy atom. The van der Waals surface area contributed by atoms with Gasteiger partial charge in [-0.1, -0.05) is 42.4 Å². The van der Waals surface area contributed by atoms with E-state index in [0.29, 0.717) is 0 Å². The van der Waals surface area contributed by atoms with Crippen molar-refractivity contribution in [3.05, 3.63) is 47.3 Å². The van der Waals surface area contributed by atoms with Crippen LogP contribution in [-0.2, 0) is 13.0 Å². The number of rotatable bonds is 4. The lowest BCUT2D eigenvalue weighted by Crippen LogP contribution is -2.42. The summed E-state index contributed by atoms with van der Waals surface area (Å²) < 4.78 is 5.29. The molecule has 2 amide bonds. The lowest BCUT2D eigenvalue weighted by molar-refractivity contribution is 0.106. The highest BCUT2D eigenvalue weighted by Crippen LogP contribution is 2.40. The number of aryl methyl sites for hydroxylation is 2. The molecule has 0 atom stereocenters. The molecule has 2 aliphatic heterocycles. The molecule has 2 aromatic rings. The Bertz CT molecular complexity index is 809. The molecule has 2 aliphatic rings. The van der Waals surface area contributed by atoms with Crippen LogP contribution in [0.5, 0.6) is 0 Å². The zero-order chi connectivity index (χ0) is 19.6. The zero-order valence-electron chi connectivity index (χ0n) is 16.9. The van der Waals surface area contributed by atoms with Gasteiger partial charge in [0.25, 0.3) is 0 Å². The number of urea groups is 1. The van der Waals surface area contributed by atoms with E-state index in [4.69, 9.17) is 4.52 Å². The Hall–Kier alpha value is -2.34. The van der Waals surface area contributed by atoms with Crippen molar-refractivity contribution in [3.63, 3.8) is 0 Å². The molecular formula is C22H30N4O2. The predicted octanol–water partition coefficient (Wildman–Crippen LogP) is 4.07. The van der Waals surface area contributed by atoms with E-state index in [2.05, 4.69) is 45.7 Å². The smallest absolute Gasteiger partial charge is 0.322 e. The number of anilines is 1. The van der Waals surface area contributed by atoms with E-state index in [9.17, 15) is 4.79 Å². The van der Waals surface area contributed by atoms with E-state index in [1.54, 1.807) is 0 Å². The summed E-state index contributed by atoms with van der Waals surface area (Å²) in [4.78, 5) is 17.3. The molecule has 0 unspecified atom stereocenters. The van der Waals surface area contributed by atoms with Gasteiger partial charge in [0.15, 0.2) is 5.76 Å². The van der Waals surface area contributed by atoms with Crippen LogP contribution < -0.4 is 5.32 Å². The first kappa shape index (κ1) is 19.0. The molecule has 1 N–H and O–H groups in total. The van der Waals surface area contributed by atoms with Crippen molar-refractivity contribution in [2.75, 3.05) is 31.5 Å². The maximum Gasteiger partial charge on any atom is 0.322 e. The first-order chi connectivity index (χ1) is 13.6. The number of amides is 2. The van der Waals surface area contributed by atoms with Gasteiger partial charge in [-0.2, -0.15) is 0 Å². The number of nitrogens with zero attached hydrogens (tertiary/aromatic N) is 3. The van der Waals surface area contributed by atoms with Crippen LogP contribution in [0.15, 0.2) is 34.9 Å². The molecule has 4 rings (SSSR count). The highest BCUT2D eigenvalue weighted by Gasteiger charge is 2.42. The SMILES string of the molecule is CCc1onc(C)c1NC(=O)N1CCC2(CCN(Cc3ccccc3)CC2)C1. The molecule has 3 heterocycles. The van der Waals surface area contributed by atoms with Crippen LogP contribution in [0.4, 0.5) is 10.5 Å². The second-order valence-electron chi connectivity index (χ2n) is 8.28. The highest BCUT2D eigenvalue weighted by molar-refractivity contribution is 5.90. The fourth-order valence-corrected chi connectivity index (χ4v) is 4.55. The summed E-state index contributed by atoms with van der Waals surface area (Å²) in [6.45, 7) is 8.79. The Labute approximate surface area is 166 Å². The summed E-state index contributed by atoms with van der Waals surface area (Å²) >= 11 is 0. The molecule has 2 saturated heterocycles. The molecule has 0 bridgehead atoms. The maximum atomic E-state index is 12.8. The highest BCUT2D eigenvalue weighted by atomic mass is 16.5. The van der Waals surface area contributed by atoms with Gasteiger partial charge in [0.05, 0.1) is 0 Å². The fraction of sp³-hybridized carbons (Fsp3) is 0.545.